The highest BCUT2D eigenvalue weighted by Crippen LogP contribution is 2.26. The Morgan fingerprint density at radius 3 is 2.46 bits per heavy atom. The average molecular weight is 478 g/mol. The Bertz CT molecular complexity index is 1410. The summed E-state index contributed by atoms with van der Waals surface area (Å²) >= 11 is 0. The molecule has 4 aromatic rings. The third kappa shape index (κ3) is 5.03. The molecular weight excluding hydrogens is 449 g/mol. The summed E-state index contributed by atoms with van der Waals surface area (Å²) in [5.74, 6) is 0.825. The fraction of sp³-hybridized carbons (Fsp3) is 0.320. The maximum atomic E-state index is 14.9. The zero-order valence-corrected chi connectivity index (χ0v) is 19.8. The van der Waals surface area contributed by atoms with E-state index in [4.69, 9.17) is 10.5 Å². The second-order valence-corrected chi connectivity index (χ2v) is 8.96. The molecule has 0 unspecified atom stereocenters. The number of anilines is 1. The molecule has 5 rings (SSSR count). The van der Waals surface area contributed by atoms with Crippen molar-refractivity contribution in [3.05, 3.63) is 75.7 Å². The number of ether oxygens (including phenoxy) is 1. The molecule has 10 heteroatoms. The molecular formula is C25H28FN7O2. The van der Waals surface area contributed by atoms with Crippen molar-refractivity contribution in [2.45, 2.75) is 20.0 Å². The molecule has 0 aliphatic carbocycles. The minimum atomic E-state index is -0.512. The number of aromatic nitrogens is 4. The minimum Gasteiger partial charge on any atom is -0.454 e. The van der Waals surface area contributed by atoms with Gasteiger partial charge in [0.15, 0.2) is 23.0 Å². The maximum absolute atomic E-state index is 14.9. The number of nitrogens with zero attached hydrogens (tertiary/aromatic N) is 5. The molecule has 3 N–H and O–H groups in total. The van der Waals surface area contributed by atoms with E-state index in [0.717, 1.165) is 32.7 Å². The van der Waals surface area contributed by atoms with E-state index in [1.807, 2.05) is 24.3 Å². The highest BCUT2D eigenvalue weighted by molar-refractivity contribution is 5.81. The summed E-state index contributed by atoms with van der Waals surface area (Å²) in [7, 11) is 2.14. The van der Waals surface area contributed by atoms with Crippen LogP contribution in [-0.2, 0) is 13.1 Å². The number of fused-ring (bicyclic) bond motifs is 1. The lowest BCUT2D eigenvalue weighted by atomic mass is 10.2. The molecule has 0 saturated carbocycles. The standard InChI is InChI=1S/C25H28FN7O2/c1-16-28-23(27)22-24(29-16)33(25(34)30-22)15-18-5-8-21(20(26)13-18)35-19-6-3-17(4-7-19)14-32-11-9-31(2)10-12-32/h3-8,13H,9-12,14-15H2,1-2H3,(H,30,34)(H2,27,28,29). The third-order valence-corrected chi connectivity index (χ3v) is 6.25. The van der Waals surface area contributed by atoms with Gasteiger partial charge in [-0.3, -0.25) is 9.47 Å². The number of piperazine rings is 1. The number of nitrogens with one attached hydrogen (secondary N) is 1. The van der Waals surface area contributed by atoms with E-state index in [-0.39, 0.29) is 23.8 Å². The first-order valence-electron chi connectivity index (χ1n) is 11.5. The van der Waals surface area contributed by atoms with E-state index in [0.29, 0.717) is 28.3 Å². The van der Waals surface area contributed by atoms with Gasteiger partial charge in [0, 0.05) is 32.7 Å². The van der Waals surface area contributed by atoms with Crippen molar-refractivity contribution in [2.24, 2.45) is 0 Å². The summed E-state index contributed by atoms with van der Waals surface area (Å²) < 4.78 is 22.0. The monoisotopic (exact) mass is 477 g/mol. The van der Waals surface area contributed by atoms with Gasteiger partial charge in [-0.25, -0.2) is 19.2 Å². The Balaban J connectivity index is 1.27. The van der Waals surface area contributed by atoms with Crippen LogP contribution in [0.15, 0.2) is 47.3 Å². The summed E-state index contributed by atoms with van der Waals surface area (Å²) in [5, 5.41) is 0. The van der Waals surface area contributed by atoms with Gasteiger partial charge in [0.2, 0.25) is 0 Å². The zero-order chi connectivity index (χ0) is 24.5. The van der Waals surface area contributed by atoms with Crippen LogP contribution in [0.2, 0.25) is 0 Å². The molecule has 35 heavy (non-hydrogen) atoms. The van der Waals surface area contributed by atoms with Gasteiger partial charge >= 0.3 is 5.69 Å². The van der Waals surface area contributed by atoms with Crippen molar-refractivity contribution in [3.63, 3.8) is 0 Å². The SMILES string of the molecule is Cc1nc(N)c2[nH]c(=O)n(Cc3ccc(Oc4ccc(CN5CCN(C)CC5)cc4)c(F)c3)c2n1. The fourth-order valence-corrected chi connectivity index (χ4v) is 4.27. The summed E-state index contributed by atoms with van der Waals surface area (Å²) in [5.41, 5.74) is 8.06. The summed E-state index contributed by atoms with van der Waals surface area (Å²) in [6, 6.07) is 12.4. The first-order valence-corrected chi connectivity index (χ1v) is 11.5. The van der Waals surface area contributed by atoms with Crippen LogP contribution in [0, 0.1) is 12.7 Å². The Kier molecular flexibility index (Phi) is 6.23. The van der Waals surface area contributed by atoms with E-state index < -0.39 is 5.82 Å². The lowest BCUT2D eigenvalue weighted by Gasteiger charge is -2.32. The van der Waals surface area contributed by atoms with Gasteiger partial charge in [-0.1, -0.05) is 18.2 Å². The summed E-state index contributed by atoms with van der Waals surface area (Å²) in [4.78, 5) is 28.2. The number of hydrogen-bond donors (Lipinski definition) is 2. The Hall–Kier alpha value is -3.76. The quantitative estimate of drug-likeness (QED) is 0.440. The normalized spacial score (nSPS) is 15.1. The first-order chi connectivity index (χ1) is 16.9. The summed E-state index contributed by atoms with van der Waals surface area (Å²) in [6.07, 6.45) is 0. The van der Waals surface area contributed by atoms with Crippen molar-refractivity contribution in [1.82, 2.24) is 29.3 Å². The number of nitrogen functional groups attached to an aromatic ring is 1. The molecule has 3 heterocycles. The fourth-order valence-electron chi connectivity index (χ4n) is 4.27. The Morgan fingerprint density at radius 2 is 1.74 bits per heavy atom. The molecule has 0 bridgehead atoms. The topological polar surface area (TPSA) is 105 Å². The van der Waals surface area contributed by atoms with Gasteiger partial charge in [0.1, 0.15) is 17.1 Å². The minimum absolute atomic E-state index is 0.120. The van der Waals surface area contributed by atoms with E-state index in [9.17, 15) is 9.18 Å². The zero-order valence-electron chi connectivity index (χ0n) is 19.8. The molecule has 2 aromatic carbocycles. The van der Waals surface area contributed by atoms with Crippen molar-refractivity contribution in [3.8, 4) is 11.5 Å². The number of hydrogen-bond acceptors (Lipinski definition) is 7. The molecule has 1 aliphatic rings. The van der Waals surface area contributed by atoms with Crippen molar-refractivity contribution in [1.29, 1.82) is 0 Å². The van der Waals surface area contributed by atoms with Crippen LogP contribution in [0.5, 0.6) is 11.5 Å². The molecule has 2 aromatic heterocycles. The van der Waals surface area contributed by atoms with Crippen LogP contribution in [0.25, 0.3) is 11.2 Å². The Labute approximate surface area is 202 Å². The number of benzene rings is 2. The van der Waals surface area contributed by atoms with E-state index >= 15 is 0 Å². The number of aromatic amines is 1. The highest BCUT2D eigenvalue weighted by atomic mass is 19.1. The number of halogens is 1. The van der Waals surface area contributed by atoms with Crippen LogP contribution < -0.4 is 16.2 Å². The number of likely N-dealkylation sites (N-methyl/N-ethyl adjacent to an activating group) is 1. The molecule has 0 amide bonds. The lowest BCUT2D eigenvalue weighted by molar-refractivity contribution is 0.148. The number of H-pyrrole nitrogens is 1. The van der Waals surface area contributed by atoms with E-state index in [1.54, 1.807) is 19.1 Å². The van der Waals surface area contributed by atoms with Crippen LogP contribution >= 0.6 is 0 Å². The largest absolute Gasteiger partial charge is 0.454 e. The molecule has 0 spiro atoms. The van der Waals surface area contributed by atoms with Crippen LogP contribution in [0.3, 0.4) is 0 Å². The number of imidazole rings is 1. The molecule has 0 atom stereocenters. The molecule has 9 nitrogen and oxygen atoms in total. The average Bonchev–Trinajstić information content (AvgIpc) is 3.14. The molecule has 182 valence electrons. The highest BCUT2D eigenvalue weighted by Gasteiger charge is 2.15. The van der Waals surface area contributed by atoms with Gasteiger partial charge in [-0.15, -0.1) is 0 Å². The molecule has 1 aliphatic heterocycles. The molecule has 1 fully saturated rings. The number of nitrogens with two attached hydrogens (primary N) is 1. The van der Waals surface area contributed by atoms with Crippen molar-refractivity contribution < 1.29 is 9.13 Å². The van der Waals surface area contributed by atoms with Crippen molar-refractivity contribution in [2.75, 3.05) is 39.0 Å². The van der Waals surface area contributed by atoms with Gasteiger partial charge in [0.05, 0.1) is 6.54 Å². The van der Waals surface area contributed by atoms with E-state index in [1.165, 1.54) is 16.2 Å². The van der Waals surface area contributed by atoms with Crippen LogP contribution in [-0.4, -0.2) is 62.5 Å². The van der Waals surface area contributed by atoms with Gasteiger partial charge < -0.3 is 20.4 Å². The Morgan fingerprint density at radius 1 is 1.03 bits per heavy atom. The lowest BCUT2D eigenvalue weighted by Crippen LogP contribution is -2.43. The predicted molar refractivity (Wildman–Crippen MR) is 132 cm³/mol. The van der Waals surface area contributed by atoms with Gasteiger partial charge in [-0.2, -0.15) is 0 Å². The summed E-state index contributed by atoms with van der Waals surface area (Å²) in [6.45, 7) is 6.98. The van der Waals surface area contributed by atoms with Crippen molar-refractivity contribution >= 4 is 17.0 Å². The van der Waals surface area contributed by atoms with Crippen LogP contribution in [0.4, 0.5) is 10.2 Å². The molecule has 0 radical (unpaired) electrons. The molecule has 1 saturated heterocycles. The third-order valence-electron chi connectivity index (χ3n) is 6.25. The van der Waals surface area contributed by atoms with Gasteiger partial charge in [0.25, 0.3) is 0 Å². The number of rotatable bonds is 6. The second kappa shape index (κ2) is 9.47. The predicted octanol–water partition coefficient (Wildman–Crippen LogP) is 2.74. The second-order valence-electron chi connectivity index (χ2n) is 8.96. The number of aryl methyl sites for hydroxylation is 1. The maximum Gasteiger partial charge on any atom is 0.328 e. The van der Waals surface area contributed by atoms with Gasteiger partial charge in [-0.05, 0) is 49.4 Å². The first kappa shape index (κ1) is 23.0. The van der Waals surface area contributed by atoms with E-state index in [2.05, 4.69) is 31.8 Å². The smallest absolute Gasteiger partial charge is 0.328 e. The van der Waals surface area contributed by atoms with Crippen LogP contribution in [0.1, 0.15) is 17.0 Å².